The molecule has 0 aliphatic carbocycles. The van der Waals surface area contributed by atoms with Gasteiger partial charge in [0.25, 0.3) is 0 Å². The number of ether oxygens (including phenoxy) is 1. The molecule has 2 rings (SSSR count). The molecule has 0 bridgehead atoms. The zero-order valence-corrected chi connectivity index (χ0v) is 15.0. The summed E-state index contributed by atoms with van der Waals surface area (Å²) in [4.78, 5) is 9.39. The standard InChI is InChI=1S/C17H35N5O/c1-3-22-10-6-7-16(22)15-20-17(18-2)19-8-4-5-9-21-11-13-23-14-12-21/h16H,3-15H2,1-2H3,(H2,18,19,20). The van der Waals surface area contributed by atoms with E-state index in [2.05, 4.69) is 32.3 Å². The Kier molecular flexibility index (Phi) is 8.71. The summed E-state index contributed by atoms with van der Waals surface area (Å²) < 4.78 is 5.38. The lowest BCUT2D eigenvalue weighted by atomic mass is 10.2. The van der Waals surface area contributed by atoms with Gasteiger partial charge in [-0.3, -0.25) is 14.8 Å². The van der Waals surface area contributed by atoms with E-state index in [0.29, 0.717) is 6.04 Å². The largest absolute Gasteiger partial charge is 0.379 e. The van der Waals surface area contributed by atoms with Crippen LogP contribution < -0.4 is 10.6 Å². The molecule has 2 aliphatic rings. The van der Waals surface area contributed by atoms with Crippen molar-refractivity contribution in [2.75, 3.05) is 66.1 Å². The average molecular weight is 326 g/mol. The minimum Gasteiger partial charge on any atom is -0.379 e. The zero-order chi connectivity index (χ0) is 16.3. The molecule has 2 N–H and O–H groups in total. The molecule has 134 valence electrons. The number of unbranched alkanes of at least 4 members (excludes halogenated alkanes) is 1. The Labute approximate surface area is 141 Å². The smallest absolute Gasteiger partial charge is 0.191 e. The third-order valence-electron chi connectivity index (χ3n) is 4.93. The van der Waals surface area contributed by atoms with Gasteiger partial charge in [0, 0.05) is 39.3 Å². The Morgan fingerprint density at radius 3 is 2.74 bits per heavy atom. The van der Waals surface area contributed by atoms with E-state index in [1.807, 2.05) is 7.05 Å². The number of likely N-dealkylation sites (N-methyl/N-ethyl adjacent to an activating group) is 1. The van der Waals surface area contributed by atoms with Crippen LogP contribution in [0.2, 0.25) is 0 Å². The van der Waals surface area contributed by atoms with Crippen LogP contribution in [-0.4, -0.2) is 87.9 Å². The number of guanidine groups is 1. The average Bonchev–Trinajstić information content (AvgIpc) is 3.06. The van der Waals surface area contributed by atoms with Crippen LogP contribution in [0.25, 0.3) is 0 Å². The second-order valence-electron chi connectivity index (χ2n) is 6.47. The summed E-state index contributed by atoms with van der Waals surface area (Å²) in [6, 6.07) is 0.667. The number of rotatable bonds is 8. The first-order valence-corrected chi connectivity index (χ1v) is 9.32. The Bertz CT molecular complexity index is 344. The fraction of sp³-hybridized carbons (Fsp3) is 0.941. The number of aliphatic imine (C=N–C) groups is 1. The van der Waals surface area contributed by atoms with Crippen LogP contribution >= 0.6 is 0 Å². The molecule has 0 saturated carbocycles. The number of hydrogen-bond donors (Lipinski definition) is 2. The molecule has 1 unspecified atom stereocenters. The van der Waals surface area contributed by atoms with Gasteiger partial charge in [0.05, 0.1) is 13.2 Å². The van der Waals surface area contributed by atoms with E-state index in [4.69, 9.17) is 4.74 Å². The van der Waals surface area contributed by atoms with Crippen LogP contribution in [0, 0.1) is 0 Å². The molecule has 0 aromatic carbocycles. The van der Waals surface area contributed by atoms with Crippen molar-refractivity contribution in [2.45, 2.75) is 38.6 Å². The van der Waals surface area contributed by atoms with Crippen LogP contribution in [0.1, 0.15) is 32.6 Å². The molecule has 0 amide bonds. The number of morpholine rings is 1. The normalized spacial score (nSPS) is 24.1. The molecule has 6 heteroatoms. The van der Waals surface area contributed by atoms with Crippen LogP contribution in [-0.2, 0) is 4.74 Å². The highest BCUT2D eigenvalue weighted by molar-refractivity contribution is 5.79. The highest BCUT2D eigenvalue weighted by Crippen LogP contribution is 2.15. The summed E-state index contributed by atoms with van der Waals surface area (Å²) in [6.45, 7) is 11.8. The van der Waals surface area contributed by atoms with Crippen molar-refractivity contribution >= 4 is 5.96 Å². The number of nitrogens with zero attached hydrogens (tertiary/aromatic N) is 3. The number of nitrogens with one attached hydrogen (secondary N) is 2. The fourth-order valence-electron chi connectivity index (χ4n) is 3.47. The van der Waals surface area contributed by atoms with E-state index in [9.17, 15) is 0 Å². The van der Waals surface area contributed by atoms with Crippen molar-refractivity contribution in [3.05, 3.63) is 0 Å². The van der Waals surface area contributed by atoms with E-state index in [-0.39, 0.29) is 0 Å². The minimum atomic E-state index is 0.667. The van der Waals surface area contributed by atoms with Gasteiger partial charge in [0.15, 0.2) is 5.96 Å². The SMILES string of the molecule is CCN1CCCC1CNC(=NC)NCCCCN1CCOCC1. The monoisotopic (exact) mass is 325 g/mol. The predicted octanol–water partition coefficient (Wildman–Crippen LogP) is 0.748. The van der Waals surface area contributed by atoms with Crippen molar-refractivity contribution in [3.8, 4) is 0 Å². The predicted molar refractivity (Wildman–Crippen MR) is 96.1 cm³/mol. The van der Waals surface area contributed by atoms with Gasteiger partial charge in [-0.1, -0.05) is 6.92 Å². The van der Waals surface area contributed by atoms with Gasteiger partial charge in [-0.05, 0) is 45.3 Å². The first-order chi connectivity index (χ1) is 11.3. The molecule has 6 nitrogen and oxygen atoms in total. The van der Waals surface area contributed by atoms with Crippen molar-refractivity contribution in [1.29, 1.82) is 0 Å². The van der Waals surface area contributed by atoms with Crippen LogP contribution in [0.3, 0.4) is 0 Å². The van der Waals surface area contributed by atoms with Gasteiger partial charge in [0.1, 0.15) is 0 Å². The van der Waals surface area contributed by atoms with Crippen molar-refractivity contribution < 1.29 is 4.74 Å². The van der Waals surface area contributed by atoms with Gasteiger partial charge in [0.2, 0.25) is 0 Å². The Morgan fingerprint density at radius 1 is 1.17 bits per heavy atom. The third-order valence-corrected chi connectivity index (χ3v) is 4.93. The molecule has 1 atom stereocenters. The van der Waals surface area contributed by atoms with E-state index >= 15 is 0 Å². The molecule has 23 heavy (non-hydrogen) atoms. The first kappa shape index (κ1) is 18.5. The Hall–Kier alpha value is -0.850. The van der Waals surface area contributed by atoms with Gasteiger partial charge >= 0.3 is 0 Å². The lowest BCUT2D eigenvalue weighted by Gasteiger charge is -2.26. The van der Waals surface area contributed by atoms with E-state index < -0.39 is 0 Å². The molecular formula is C17H35N5O. The molecule has 0 aromatic rings. The second-order valence-corrected chi connectivity index (χ2v) is 6.47. The lowest BCUT2D eigenvalue weighted by molar-refractivity contribution is 0.0372. The fourth-order valence-corrected chi connectivity index (χ4v) is 3.47. The quantitative estimate of drug-likeness (QED) is 0.392. The van der Waals surface area contributed by atoms with Gasteiger partial charge < -0.3 is 15.4 Å². The van der Waals surface area contributed by atoms with Crippen molar-refractivity contribution in [3.63, 3.8) is 0 Å². The summed E-state index contributed by atoms with van der Waals surface area (Å²) in [7, 11) is 1.86. The third kappa shape index (κ3) is 6.65. The molecule has 0 spiro atoms. The Morgan fingerprint density at radius 2 is 2.00 bits per heavy atom. The first-order valence-electron chi connectivity index (χ1n) is 9.32. The Balaban J connectivity index is 1.52. The summed E-state index contributed by atoms with van der Waals surface area (Å²) >= 11 is 0. The zero-order valence-electron chi connectivity index (χ0n) is 15.0. The summed E-state index contributed by atoms with van der Waals surface area (Å²) in [5.41, 5.74) is 0. The maximum atomic E-state index is 5.38. The number of likely N-dealkylation sites (tertiary alicyclic amines) is 1. The molecule has 0 aromatic heterocycles. The maximum absolute atomic E-state index is 5.38. The number of hydrogen-bond acceptors (Lipinski definition) is 4. The molecule has 2 fully saturated rings. The van der Waals surface area contributed by atoms with Crippen LogP contribution in [0.4, 0.5) is 0 Å². The van der Waals surface area contributed by atoms with E-state index in [1.165, 1.54) is 38.8 Å². The van der Waals surface area contributed by atoms with Gasteiger partial charge in [-0.15, -0.1) is 0 Å². The van der Waals surface area contributed by atoms with E-state index in [1.54, 1.807) is 0 Å². The highest BCUT2D eigenvalue weighted by Gasteiger charge is 2.22. The molecule has 2 heterocycles. The molecule has 2 saturated heterocycles. The molecule has 2 aliphatic heterocycles. The topological polar surface area (TPSA) is 52.1 Å². The second kappa shape index (κ2) is 10.8. The lowest BCUT2D eigenvalue weighted by Crippen LogP contribution is -2.45. The van der Waals surface area contributed by atoms with E-state index in [0.717, 1.165) is 51.9 Å². The van der Waals surface area contributed by atoms with Gasteiger partial charge in [-0.2, -0.15) is 0 Å². The summed E-state index contributed by atoms with van der Waals surface area (Å²) in [5.74, 6) is 0.944. The minimum absolute atomic E-state index is 0.667. The molecular weight excluding hydrogens is 290 g/mol. The van der Waals surface area contributed by atoms with Crippen LogP contribution in [0.5, 0.6) is 0 Å². The van der Waals surface area contributed by atoms with Crippen molar-refractivity contribution in [2.24, 2.45) is 4.99 Å². The van der Waals surface area contributed by atoms with Crippen molar-refractivity contribution in [1.82, 2.24) is 20.4 Å². The maximum Gasteiger partial charge on any atom is 0.191 e. The highest BCUT2D eigenvalue weighted by atomic mass is 16.5. The van der Waals surface area contributed by atoms with Gasteiger partial charge in [-0.25, -0.2) is 0 Å². The summed E-state index contributed by atoms with van der Waals surface area (Å²) in [5, 5.41) is 6.93. The van der Waals surface area contributed by atoms with Crippen LogP contribution in [0.15, 0.2) is 4.99 Å². The molecule has 0 radical (unpaired) electrons. The summed E-state index contributed by atoms with van der Waals surface area (Å²) in [6.07, 6.45) is 5.05.